The van der Waals surface area contributed by atoms with Gasteiger partial charge in [0.1, 0.15) is 29.7 Å². The molecular weight excluding hydrogens is 587 g/mol. The van der Waals surface area contributed by atoms with E-state index in [1.54, 1.807) is 13.8 Å². The minimum Gasteiger partial charge on any atom is -0.490 e. The van der Waals surface area contributed by atoms with Gasteiger partial charge in [0.05, 0.1) is 12.1 Å². The number of nitrogens with one attached hydrogen (secondary N) is 1. The van der Waals surface area contributed by atoms with Crippen molar-refractivity contribution in [2.24, 2.45) is 5.41 Å². The molecule has 0 unspecified atom stereocenters. The third kappa shape index (κ3) is 6.32. The van der Waals surface area contributed by atoms with Crippen LogP contribution in [0.25, 0.3) is 0 Å². The second kappa shape index (κ2) is 12.5. The van der Waals surface area contributed by atoms with Crippen molar-refractivity contribution in [2.45, 2.75) is 58.2 Å². The smallest absolute Gasteiger partial charge is 0.282 e. The van der Waals surface area contributed by atoms with Gasteiger partial charge >= 0.3 is 0 Å². The van der Waals surface area contributed by atoms with Crippen LogP contribution in [0.2, 0.25) is 0 Å². The molecule has 1 aliphatic carbocycles. The summed E-state index contributed by atoms with van der Waals surface area (Å²) < 4.78 is 52.9. The first-order chi connectivity index (χ1) is 20.2. The van der Waals surface area contributed by atoms with Crippen molar-refractivity contribution in [1.82, 2.24) is 30.4 Å². The average Bonchev–Trinajstić information content (AvgIpc) is 2.93. The Labute approximate surface area is 253 Å². The lowest BCUT2D eigenvalue weighted by molar-refractivity contribution is -0.0350. The topological polar surface area (TPSA) is 106 Å². The summed E-state index contributed by atoms with van der Waals surface area (Å²) in [6.07, 6.45) is 3.18. The van der Waals surface area contributed by atoms with Gasteiger partial charge in [-0.3, -0.25) is 9.78 Å². The Morgan fingerprint density at radius 3 is 2.72 bits per heavy atom. The van der Waals surface area contributed by atoms with Crippen LogP contribution in [-0.4, -0.2) is 75.7 Å². The van der Waals surface area contributed by atoms with Crippen LogP contribution in [0.15, 0.2) is 36.8 Å². The first kappa shape index (κ1) is 30.7. The van der Waals surface area contributed by atoms with Crippen LogP contribution in [-0.2, 0) is 13.0 Å². The molecule has 1 N–H and O–H groups in total. The van der Waals surface area contributed by atoms with Gasteiger partial charge < -0.3 is 24.6 Å². The van der Waals surface area contributed by atoms with E-state index in [4.69, 9.17) is 9.47 Å². The summed E-state index contributed by atoms with van der Waals surface area (Å²) in [4.78, 5) is 25.1. The van der Waals surface area contributed by atoms with E-state index < -0.39 is 30.7 Å². The predicted molar refractivity (Wildman–Crippen MR) is 154 cm³/mol. The number of rotatable bonds is 9. The van der Waals surface area contributed by atoms with E-state index in [0.717, 1.165) is 66.4 Å². The lowest BCUT2D eigenvalue weighted by atomic mass is 9.61. The first-order valence-corrected chi connectivity index (χ1v) is 14.0. The third-order valence-electron chi connectivity index (χ3n) is 8.08. The monoisotopic (exact) mass is 619 g/mol. The summed E-state index contributed by atoms with van der Waals surface area (Å²) in [5, 5.41) is 11.3. The zero-order valence-corrected chi connectivity index (χ0v) is 24.6. The van der Waals surface area contributed by atoms with Gasteiger partial charge in [-0.05, 0) is 51.0 Å². The van der Waals surface area contributed by atoms with Crippen molar-refractivity contribution < 1.29 is 27.4 Å². The maximum atomic E-state index is 14.2. The molecule has 2 aliphatic heterocycles. The van der Waals surface area contributed by atoms with Gasteiger partial charge in [-0.1, -0.05) is 0 Å². The molecule has 1 saturated carbocycles. The number of nitrogens with zero attached hydrogens (tertiary/aromatic N) is 6. The summed E-state index contributed by atoms with van der Waals surface area (Å²) in [5.41, 5.74) is 2.13. The number of fused-ring (bicyclic) bond motifs is 1. The lowest BCUT2D eigenvalue weighted by Crippen LogP contribution is -2.65. The van der Waals surface area contributed by atoms with Gasteiger partial charge in [0.2, 0.25) is 0 Å². The van der Waals surface area contributed by atoms with Crippen LogP contribution in [0, 0.1) is 11.2 Å². The Bertz CT molecular complexity index is 1470. The highest BCUT2D eigenvalue weighted by Gasteiger charge is 2.54. The summed E-state index contributed by atoms with van der Waals surface area (Å²) in [5.74, 6) is -0.112. The number of carbonyl (C=O) groups is 1. The number of ether oxygens (including phenoxy) is 2. The van der Waals surface area contributed by atoms with E-state index in [1.165, 1.54) is 12.4 Å². The molecule has 1 amide bonds. The fourth-order valence-corrected chi connectivity index (χ4v) is 6.03. The minimum absolute atomic E-state index is 0. The SMILES string of the molecule is CC(C)N(CC(F)F)C(=O)c1cc(F)ccc1Oc1nncnc1N1CC2(CC(Oc3ccnc4c3CNCC4)C2)C1.Cl. The molecule has 6 rings (SSSR count). The molecule has 2 fully saturated rings. The van der Waals surface area contributed by atoms with Crippen molar-refractivity contribution in [2.75, 3.05) is 31.1 Å². The molecule has 3 aliphatic rings. The van der Waals surface area contributed by atoms with Gasteiger partial charge in [-0.15, -0.1) is 22.6 Å². The second-order valence-electron chi connectivity index (χ2n) is 11.4. The van der Waals surface area contributed by atoms with E-state index in [-0.39, 0.29) is 41.1 Å². The maximum Gasteiger partial charge on any atom is 0.282 e. The van der Waals surface area contributed by atoms with Gasteiger partial charge in [-0.25, -0.2) is 18.2 Å². The van der Waals surface area contributed by atoms with Crippen molar-refractivity contribution in [3.05, 3.63) is 59.4 Å². The normalized spacial score (nSPS) is 17.1. The number of hydrogen-bond acceptors (Lipinski definition) is 9. The molecule has 3 aromatic rings. The fourth-order valence-electron chi connectivity index (χ4n) is 6.03. The molecular formula is C29H33ClF3N7O3. The maximum absolute atomic E-state index is 14.2. The number of carbonyl (C=O) groups excluding carboxylic acids is 1. The van der Waals surface area contributed by atoms with Crippen molar-refractivity contribution in [1.29, 1.82) is 0 Å². The summed E-state index contributed by atoms with van der Waals surface area (Å²) in [7, 11) is 0. The van der Waals surface area contributed by atoms with E-state index in [0.29, 0.717) is 18.9 Å². The van der Waals surface area contributed by atoms with E-state index >= 15 is 0 Å². The van der Waals surface area contributed by atoms with E-state index in [2.05, 4.69) is 25.5 Å². The molecule has 14 heteroatoms. The van der Waals surface area contributed by atoms with Crippen molar-refractivity contribution in [3.8, 4) is 17.4 Å². The predicted octanol–water partition coefficient (Wildman–Crippen LogP) is 4.43. The molecule has 1 aromatic carbocycles. The van der Waals surface area contributed by atoms with Gasteiger partial charge in [0.15, 0.2) is 5.82 Å². The van der Waals surface area contributed by atoms with Crippen LogP contribution >= 0.6 is 12.4 Å². The molecule has 10 nitrogen and oxygen atoms in total. The highest BCUT2D eigenvalue weighted by Crippen LogP contribution is 2.52. The van der Waals surface area contributed by atoms with Crippen molar-refractivity contribution in [3.63, 3.8) is 0 Å². The Morgan fingerprint density at radius 1 is 1.19 bits per heavy atom. The number of anilines is 1. The summed E-state index contributed by atoms with van der Waals surface area (Å²) in [6.45, 7) is 5.54. The molecule has 43 heavy (non-hydrogen) atoms. The third-order valence-corrected chi connectivity index (χ3v) is 8.08. The zero-order valence-electron chi connectivity index (χ0n) is 23.8. The van der Waals surface area contributed by atoms with Gasteiger partial charge in [0.25, 0.3) is 18.2 Å². The molecule has 0 atom stereocenters. The standard InChI is InChI=1S/C29H32F3N7O3.ClH/c1-17(2)39(13-25(31)32)28(40)20-9-18(30)3-4-23(20)42-27-26(35-16-36-37-27)38-14-29(15-38)10-19(11-29)41-24-6-8-34-22-5-7-33-12-21(22)24;/h3-4,6,8-9,16-17,19,25,33H,5,7,10-15H2,1-2H3;1H. The van der Waals surface area contributed by atoms with Crippen LogP contribution in [0.4, 0.5) is 19.0 Å². The van der Waals surface area contributed by atoms with E-state index in [9.17, 15) is 18.0 Å². The largest absolute Gasteiger partial charge is 0.490 e. The summed E-state index contributed by atoms with van der Waals surface area (Å²) >= 11 is 0. The number of halogens is 4. The van der Waals surface area contributed by atoms with Gasteiger partial charge in [0, 0.05) is 61.5 Å². The minimum atomic E-state index is -2.74. The highest BCUT2D eigenvalue weighted by molar-refractivity contribution is 5.97. The molecule has 0 bridgehead atoms. The molecule has 1 saturated heterocycles. The van der Waals surface area contributed by atoms with Crippen LogP contribution in [0.1, 0.15) is 48.3 Å². The number of benzene rings is 1. The van der Waals surface area contributed by atoms with Crippen LogP contribution < -0.4 is 19.7 Å². The Hall–Kier alpha value is -3.71. The molecule has 2 aromatic heterocycles. The molecule has 1 spiro atoms. The number of aromatic nitrogens is 4. The highest BCUT2D eigenvalue weighted by atomic mass is 35.5. The lowest BCUT2D eigenvalue weighted by Gasteiger charge is -2.58. The molecule has 0 radical (unpaired) electrons. The average molecular weight is 620 g/mol. The number of hydrogen-bond donors (Lipinski definition) is 1. The number of pyridine rings is 1. The van der Waals surface area contributed by atoms with Crippen LogP contribution in [0.5, 0.6) is 17.4 Å². The fraction of sp³-hybridized carbons (Fsp3) is 0.483. The first-order valence-electron chi connectivity index (χ1n) is 14.0. The number of alkyl halides is 2. The van der Waals surface area contributed by atoms with Gasteiger partial charge in [-0.2, -0.15) is 0 Å². The Kier molecular flexibility index (Phi) is 8.93. The molecule has 230 valence electrons. The quantitative estimate of drug-likeness (QED) is 0.372. The van der Waals surface area contributed by atoms with Crippen molar-refractivity contribution >= 4 is 24.1 Å². The Morgan fingerprint density at radius 2 is 1.98 bits per heavy atom. The van der Waals surface area contributed by atoms with E-state index in [1.807, 2.05) is 17.2 Å². The zero-order chi connectivity index (χ0) is 29.4. The number of amides is 1. The second-order valence-corrected chi connectivity index (χ2v) is 11.4. The Balaban J connectivity index is 0.00000368. The summed E-state index contributed by atoms with van der Waals surface area (Å²) in [6, 6.07) is 4.78. The molecule has 4 heterocycles. The van der Waals surface area contributed by atoms with Crippen LogP contribution in [0.3, 0.4) is 0 Å².